The van der Waals surface area contributed by atoms with Crippen LogP contribution in [0.5, 0.6) is 0 Å². The molecule has 18 heavy (non-hydrogen) atoms. The molecule has 2 heteroatoms. The van der Waals surface area contributed by atoms with Crippen molar-refractivity contribution in [2.45, 2.75) is 39.7 Å². The van der Waals surface area contributed by atoms with Gasteiger partial charge in [0.15, 0.2) is 0 Å². The SMILES string of the molecule is CCc1ccc(C(O)c2sccc2C)cc1CC. The molecule has 1 aromatic heterocycles. The Morgan fingerprint density at radius 1 is 1.11 bits per heavy atom. The molecule has 0 aliphatic carbocycles. The predicted octanol–water partition coefficient (Wildman–Crippen LogP) is 4.26. The lowest BCUT2D eigenvalue weighted by Gasteiger charge is -2.14. The number of thiophene rings is 1. The molecule has 0 fully saturated rings. The van der Waals surface area contributed by atoms with Crippen molar-refractivity contribution in [3.8, 4) is 0 Å². The molecule has 1 heterocycles. The molecule has 1 atom stereocenters. The zero-order chi connectivity index (χ0) is 13.1. The van der Waals surface area contributed by atoms with Gasteiger partial charge in [0.25, 0.3) is 0 Å². The maximum Gasteiger partial charge on any atom is 0.113 e. The molecule has 1 nitrogen and oxygen atoms in total. The Labute approximate surface area is 113 Å². The van der Waals surface area contributed by atoms with E-state index in [1.165, 1.54) is 16.7 Å². The highest BCUT2D eigenvalue weighted by Gasteiger charge is 2.15. The standard InChI is InChI=1S/C16H20OS/c1-4-12-6-7-14(10-13(12)5-2)15(17)16-11(3)8-9-18-16/h6-10,15,17H,4-5H2,1-3H3. The minimum absolute atomic E-state index is 0.485. The predicted molar refractivity (Wildman–Crippen MR) is 78.3 cm³/mol. The first-order chi connectivity index (χ1) is 8.67. The third-order valence-corrected chi connectivity index (χ3v) is 4.53. The zero-order valence-corrected chi connectivity index (χ0v) is 12.1. The van der Waals surface area contributed by atoms with Crippen molar-refractivity contribution in [2.75, 3.05) is 0 Å². The number of benzene rings is 1. The van der Waals surface area contributed by atoms with Crippen LogP contribution >= 0.6 is 11.3 Å². The first-order valence-corrected chi connectivity index (χ1v) is 7.39. The molecule has 96 valence electrons. The molecule has 1 N–H and O–H groups in total. The van der Waals surface area contributed by atoms with E-state index >= 15 is 0 Å². The van der Waals surface area contributed by atoms with Gasteiger partial charge in [-0.15, -0.1) is 11.3 Å². The maximum atomic E-state index is 10.5. The Hall–Kier alpha value is -1.12. The third-order valence-electron chi connectivity index (χ3n) is 3.46. The normalized spacial score (nSPS) is 12.7. The molecule has 1 unspecified atom stereocenters. The zero-order valence-electron chi connectivity index (χ0n) is 11.2. The van der Waals surface area contributed by atoms with Gasteiger partial charge in [-0.3, -0.25) is 0 Å². The van der Waals surface area contributed by atoms with Gasteiger partial charge in [0.1, 0.15) is 6.10 Å². The van der Waals surface area contributed by atoms with Gasteiger partial charge in [0, 0.05) is 4.88 Å². The number of rotatable bonds is 4. The molecular weight excluding hydrogens is 240 g/mol. The lowest BCUT2D eigenvalue weighted by Crippen LogP contribution is -2.01. The molecule has 0 bridgehead atoms. The summed E-state index contributed by atoms with van der Waals surface area (Å²) in [6, 6.07) is 8.43. The maximum absolute atomic E-state index is 10.5. The van der Waals surface area contributed by atoms with E-state index in [4.69, 9.17) is 0 Å². The Bertz CT molecular complexity index is 528. The van der Waals surface area contributed by atoms with E-state index in [-0.39, 0.29) is 0 Å². The Kier molecular flexibility index (Phi) is 4.20. The highest BCUT2D eigenvalue weighted by atomic mass is 32.1. The van der Waals surface area contributed by atoms with E-state index in [0.717, 1.165) is 23.3 Å². The van der Waals surface area contributed by atoms with Gasteiger partial charge in [-0.05, 0) is 53.5 Å². The molecule has 2 rings (SSSR count). The van der Waals surface area contributed by atoms with Gasteiger partial charge in [0.05, 0.1) is 0 Å². The largest absolute Gasteiger partial charge is 0.383 e. The summed E-state index contributed by atoms with van der Waals surface area (Å²) in [4.78, 5) is 1.06. The molecule has 0 aliphatic rings. The third kappa shape index (κ3) is 2.50. The van der Waals surface area contributed by atoms with Crippen molar-refractivity contribution in [1.82, 2.24) is 0 Å². The summed E-state index contributed by atoms with van der Waals surface area (Å²) in [7, 11) is 0. The van der Waals surface area contributed by atoms with Gasteiger partial charge < -0.3 is 5.11 Å². The van der Waals surface area contributed by atoms with Crippen LogP contribution in [0.15, 0.2) is 29.6 Å². The second-order valence-electron chi connectivity index (χ2n) is 4.61. The van der Waals surface area contributed by atoms with Gasteiger partial charge in [-0.1, -0.05) is 32.0 Å². The molecule has 0 saturated heterocycles. The van der Waals surface area contributed by atoms with E-state index in [1.807, 2.05) is 5.38 Å². The number of aliphatic hydroxyl groups excluding tert-OH is 1. The van der Waals surface area contributed by atoms with Crippen molar-refractivity contribution in [3.05, 3.63) is 56.8 Å². The van der Waals surface area contributed by atoms with E-state index in [2.05, 4.69) is 45.0 Å². The van der Waals surface area contributed by atoms with Crippen molar-refractivity contribution < 1.29 is 5.11 Å². The molecular formula is C16H20OS. The fourth-order valence-corrected chi connectivity index (χ4v) is 3.24. The number of aryl methyl sites for hydroxylation is 3. The van der Waals surface area contributed by atoms with Crippen LogP contribution in [0.3, 0.4) is 0 Å². The Morgan fingerprint density at radius 3 is 2.39 bits per heavy atom. The van der Waals surface area contributed by atoms with Crippen molar-refractivity contribution in [1.29, 1.82) is 0 Å². The van der Waals surface area contributed by atoms with Crippen LogP contribution in [-0.4, -0.2) is 5.11 Å². The summed E-state index contributed by atoms with van der Waals surface area (Å²) >= 11 is 1.63. The van der Waals surface area contributed by atoms with Crippen LogP contribution in [0.25, 0.3) is 0 Å². The van der Waals surface area contributed by atoms with Gasteiger partial charge in [-0.2, -0.15) is 0 Å². The van der Waals surface area contributed by atoms with Crippen molar-refractivity contribution in [3.63, 3.8) is 0 Å². The molecule has 0 spiro atoms. The highest BCUT2D eigenvalue weighted by molar-refractivity contribution is 7.10. The lowest BCUT2D eigenvalue weighted by molar-refractivity contribution is 0.223. The first kappa shape index (κ1) is 13.3. The summed E-state index contributed by atoms with van der Waals surface area (Å²) in [6.07, 6.45) is 1.59. The average Bonchev–Trinajstić information content (AvgIpc) is 2.83. The Morgan fingerprint density at radius 2 is 1.83 bits per heavy atom. The first-order valence-electron chi connectivity index (χ1n) is 6.51. The Balaban J connectivity index is 2.37. The van der Waals surface area contributed by atoms with Gasteiger partial charge >= 0.3 is 0 Å². The second kappa shape index (κ2) is 5.68. The van der Waals surface area contributed by atoms with Crippen molar-refractivity contribution in [2.24, 2.45) is 0 Å². The molecule has 0 radical (unpaired) electrons. The lowest BCUT2D eigenvalue weighted by atomic mass is 9.96. The summed E-state index contributed by atoms with van der Waals surface area (Å²) in [6.45, 7) is 6.39. The molecule has 2 aromatic rings. The monoisotopic (exact) mass is 260 g/mol. The summed E-state index contributed by atoms with van der Waals surface area (Å²) in [5, 5.41) is 12.5. The van der Waals surface area contributed by atoms with Crippen LogP contribution < -0.4 is 0 Å². The fraction of sp³-hybridized carbons (Fsp3) is 0.375. The minimum atomic E-state index is -0.485. The van der Waals surface area contributed by atoms with E-state index in [0.29, 0.717) is 0 Å². The van der Waals surface area contributed by atoms with Gasteiger partial charge in [0.2, 0.25) is 0 Å². The van der Waals surface area contributed by atoms with E-state index < -0.39 is 6.10 Å². The van der Waals surface area contributed by atoms with Crippen LogP contribution in [0.1, 0.15) is 47.1 Å². The minimum Gasteiger partial charge on any atom is -0.383 e. The summed E-state index contributed by atoms with van der Waals surface area (Å²) in [5.74, 6) is 0. The van der Waals surface area contributed by atoms with Crippen molar-refractivity contribution >= 4 is 11.3 Å². The van der Waals surface area contributed by atoms with E-state index in [9.17, 15) is 5.11 Å². The number of hydrogen-bond acceptors (Lipinski definition) is 2. The molecule has 0 aliphatic heterocycles. The average molecular weight is 260 g/mol. The smallest absolute Gasteiger partial charge is 0.113 e. The quantitative estimate of drug-likeness (QED) is 0.870. The number of hydrogen-bond donors (Lipinski definition) is 1. The fourth-order valence-electron chi connectivity index (χ4n) is 2.31. The van der Waals surface area contributed by atoms with Crippen LogP contribution in [0.4, 0.5) is 0 Å². The van der Waals surface area contributed by atoms with Crippen LogP contribution in [0.2, 0.25) is 0 Å². The molecule has 0 saturated carbocycles. The van der Waals surface area contributed by atoms with Gasteiger partial charge in [-0.25, -0.2) is 0 Å². The topological polar surface area (TPSA) is 20.2 Å². The summed E-state index contributed by atoms with van der Waals surface area (Å²) < 4.78 is 0. The van der Waals surface area contributed by atoms with E-state index in [1.54, 1.807) is 11.3 Å². The molecule has 1 aromatic carbocycles. The number of aliphatic hydroxyl groups is 1. The van der Waals surface area contributed by atoms with Crippen LogP contribution in [0, 0.1) is 6.92 Å². The highest BCUT2D eigenvalue weighted by Crippen LogP contribution is 2.30. The summed E-state index contributed by atoms with van der Waals surface area (Å²) in [5.41, 5.74) is 4.92. The molecule has 0 amide bonds. The second-order valence-corrected chi connectivity index (χ2v) is 5.55. The van der Waals surface area contributed by atoms with Crippen LogP contribution in [-0.2, 0) is 12.8 Å².